The Hall–Kier alpha value is -0.560. The lowest BCUT2D eigenvalue weighted by molar-refractivity contribution is 0.437. The Balaban J connectivity index is 2.98. The summed E-state index contributed by atoms with van der Waals surface area (Å²) < 4.78 is 15.1. The van der Waals surface area contributed by atoms with Crippen molar-refractivity contribution in [2.24, 2.45) is 0 Å². The molecular weight excluding hydrogens is 640 g/mol. The third-order valence-corrected chi connectivity index (χ3v) is 36.9. The summed E-state index contributed by atoms with van der Waals surface area (Å²) in [5, 5.41) is 6.42. The van der Waals surface area contributed by atoms with Gasteiger partial charge in [0.05, 0.1) is 43.8 Å². The Morgan fingerprint density at radius 3 is 0.717 bits per heavy atom. The van der Waals surface area contributed by atoms with Gasteiger partial charge in [0.15, 0.2) is 0 Å². The molecule has 2 rings (SSSR count). The van der Waals surface area contributed by atoms with Gasteiger partial charge in [-0.3, -0.25) is 0 Å². The molecule has 2 aromatic carbocycles. The second-order valence-corrected chi connectivity index (χ2v) is 37.0. The van der Waals surface area contributed by atoms with E-state index >= 15 is 0 Å². The molecule has 7 heteroatoms. The SMILES string of the molecule is CC[Si](CC)(CC)c1cc(C)cc([Si](CC)(CC)CC)c1[O][Al]([CH3])[O]c1c([Si](CC)(CC)CC)cc(C)cc1[Si](CC)(CC)CC. The molecule has 46 heavy (non-hydrogen) atoms. The van der Waals surface area contributed by atoms with Crippen LogP contribution in [0.3, 0.4) is 0 Å². The van der Waals surface area contributed by atoms with E-state index in [2.05, 4.69) is 127 Å². The van der Waals surface area contributed by atoms with Crippen LogP contribution in [0.4, 0.5) is 0 Å². The van der Waals surface area contributed by atoms with Gasteiger partial charge in [0, 0.05) is 0 Å². The van der Waals surface area contributed by atoms with Crippen LogP contribution in [0.15, 0.2) is 24.3 Å². The summed E-state index contributed by atoms with van der Waals surface area (Å²) in [5.41, 5.74) is 2.87. The van der Waals surface area contributed by atoms with E-state index in [9.17, 15) is 0 Å². The van der Waals surface area contributed by atoms with Gasteiger partial charge in [-0.2, -0.15) is 0 Å². The van der Waals surface area contributed by atoms with Crippen molar-refractivity contribution in [1.82, 2.24) is 0 Å². The van der Waals surface area contributed by atoms with Crippen molar-refractivity contribution >= 4 is 67.9 Å². The van der Waals surface area contributed by atoms with Gasteiger partial charge in [0.2, 0.25) is 0 Å². The molecule has 0 aromatic heterocycles. The first kappa shape index (κ1) is 41.6. The number of hydrogen-bond donors (Lipinski definition) is 0. The van der Waals surface area contributed by atoms with E-state index in [0.29, 0.717) is 0 Å². The molecule has 0 saturated heterocycles. The smallest absolute Gasteiger partial charge is 0.612 e. The molecule has 0 N–H and O–H groups in total. The van der Waals surface area contributed by atoms with Crippen molar-refractivity contribution < 1.29 is 7.58 Å². The van der Waals surface area contributed by atoms with E-state index in [1.165, 1.54) is 95.2 Å². The van der Waals surface area contributed by atoms with Crippen LogP contribution in [-0.2, 0) is 0 Å². The first-order chi connectivity index (χ1) is 21.8. The lowest BCUT2D eigenvalue weighted by Gasteiger charge is -2.39. The topological polar surface area (TPSA) is 18.5 Å². The largest absolute Gasteiger partial charge is 0.853 e. The second kappa shape index (κ2) is 17.9. The van der Waals surface area contributed by atoms with Crippen molar-refractivity contribution in [1.29, 1.82) is 0 Å². The summed E-state index contributed by atoms with van der Waals surface area (Å²) in [5.74, 6) is 4.94. The molecule has 260 valence electrons. The highest BCUT2D eigenvalue weighted by atomic mass is 28.3. The number of aryl methyl sites for hydroxylation is 2. The summed E-state index contributed by atoms with van der Waals surface area (Å²) in [7, 11) is -6.89. The van der Waals surface area contributed by atoms with E-state index < -0.39 is 47.1 Å². The van der Waals surface area contributed by atoms with Gasteiger partial charge in [-0.15, -0.1) is 0 Å². The Bertz CT molecular complexity index is 1040. The van der Waals surface area contributed by atoms with Crippen LogP contribution < -0.4 is 28.3 Å². The minimum Gasteiger partial charge on any atom is -0.612 e. The highest BCUT2D eigenvalue weighted by Gasteiger charge is 2.43. The molecule has 0 unspecified atom stereocenters. The summed E-state index contributed by atoms with van der Waals surface area (Å²) in [6.07, 6.45) is 0. The predicted molar refractivity (Wildman–Crippen MR) is 223 cm³/mol. The molecule has 0 saturated carbocycles. The van der Waals surface area contributed by atoms with E-state index in [-0.39, 0.29) is 0 Å². The molecule has 0 atom stereocenters. The first-order valence-corrected chi connectivity index (χ1v) is 32.1. The van der Waals surface area contributed by atoms with Gasteiger partial charge < -0.3 is 7.58 Å². The van der Waals surface area contributed by atoms with Crippen LogP contribution in [0.2, 0.25) is 78.3 Å². The van der Waals surface area contributed by atoms with E-state index in [4.69, 9.17) is 7.58 Å². The molecule has 0 bridgehead atoms. The number of hydrogen-bond acceptors (Lipinski definition) is 2. The molecule has 0 spiro atoms. The highest BCUT2D eigenvalue weighted by Crippen LogP contribution is 2.33. The average Bonchev–Trinajstić information content (AvgIpc) is 3.08. The zero-order valence-corrected chi connectivity index (χ0v) is 38.3. The standard InChI is InChI=1S/2C19H36OSi2.CH3.Al/c2*1-8-21(9-2,10-3)17-14-16(7)15-18(19(17)20)22(11-4,12-5)13-6;;/h2*14-15,20H,8-13H2,1-7H3;1H3;/q;;;+2/p-2. The van der Waals surface area contributed by atoms with Crippen LogP contribution in [0.5, 0.6) is 11.5 Å². The van der Waals surface area contributed by atoms with E-state index in [1.807, 2.05) is 0 Å². The Morgan fingerprint density at radius 2 is 0.565 bits per heavy atom. The molecule has 0 aliphatic rings. The third kappa shape index (κ3) is 7.91. The van der Waals surface area contributed by atoms with Gasteiger partial charge in [0.25, 0.3) is 0 Å². The van der Waals surface area contributed by atoms with Crippen molar-refractivity contribution in [3.05, 3.63) is 35.4 Å². The third-order valence-electron chi connectivity index (χ3n) is 13.4. The normalized spacial score (nSPS) is 12.8. The van der Waals surface area contributed by atoms with Gasteiger partial charge in [-0.25, -0.2) is 0 Å². The molecule has 0 aliphatic heterocycles. The summed E-state index contributed by atoms with van der Waals surface area (Å²) >= 11 is -2.13. The molecule has 2 nitrogen and oxygen atoms in total. The van der Waals surface area contributed by atoms with Gasteiger partial charge >= 0.3 is 14.8 Å². The second-order valence-electron chi connectivity index (χ2n) is 14.5. The van der Waals surface area contributed by atoms with Crippen LogP contribution in [0.25, 0.3) is 0 Å². The van der Waals surface area contributed by atoms with E-state index in [1.54, 1.807) is 20.7 Å². The van der Waals surface area contributed by atoms with Crippen LogP contribution in [0.1, 0.15) is 94.2 Å². The van der Waals surface area contributed by atoms with Crippen molar-refractivity contribution in [2.45, 2.75) is 175 Å². The summed E-state index contributed by atoms with van der Waals surface area (Å²) in [4.78, 5) is 0. The van der Waals surface area contributed by atoms with Gasteiger partial charge in [-0.1, -0.05) is 191 Å². The van der Waals surface area contributed by atoms with Gasteiger partial charge in [0.1, 0.15) is 0 Å². The van der Waals surface area contributed by atoms with Crippen molar-refractivity contribution in [2.75, 3.05) is 0 Å². The van der Waals surface area contributed by atoms with E-state index in [0.717, 1.165) is 0 Å². The first-order valence-electron chi connectivity index (χ1n) is 19.5. The maximum absolute atomic E-state index is 7.54. The molecule has 0 fully saturated rings. The fourth-order valence-corrected chi connectivity index (χ4v) is 26.4. The maximum atomic E-state index is 7.54. The lowest BCUT2D eigenvalue weighted by atomic mass is 10.2. The zero-order chi connectivity index (χ0) is 34.9. The zero-order valence-electron chi connectivity index (χ0n) is 33.2. The highest BCUT2D eigenvalue weighted by molar-refractivity contribution is 6.97. The summed E-state index contributed by atoms with van der Waals surface area (Å²) in [6, 6.07) is 25.5. The molecule has 0 amide bonds. The minimum absolute atomic E-state index is 1.27. The Morgan fingerprint density at radius 1 is 0.391 bits per heavy atom. The Kier molecular flexibility index (Phi) is 16.2. The van der Waals surface area contributed by atoms with Crippen molar-refractivity contribution in [3.8, 4) is 11.5 Å². The molecule has 2 aromatic rings. The Labute approximate surface area is 296 Å². The maximum Gasteiger partial charge on any atom is 0.853 e. The number of benzene rings is 2. The van der Waals surface area contributed by atoms with Crippen LogP contribution in [-0.4, -0.2) is 47.1 Å². The quantitative estimate of drug-likeness (QED) is 0.127. The summed E-state index contributed by atoms with van der Waals surface area (Å²) in [6.45, 7) is 34.1. The van der Waals surface area contributed by atoms with Crippen molar-refractivity contribution in [3.63, 3.8) is 0 Å². The minimum atomic E-state index is -2.13. The van der Waals surface area contributed by atoms with Gasteiger partial charge in [-0.05, 0) is 40.4 Å². The van der Waals surface area contributed by atoms with Crippen LogP contribution >= 0.6 is 0 Å². The molecule has 0 heterocycles. The molecule has 0 radical (unpaired) electrons. The molecule has 0 aliphatic carbocycles. The number of rotatable bonds is 20. The average molecular weight is 713 g/mol. The van der Waals surface area contributed by atoms with Crippen LogP contribution in [0, 0.1) is 13.8 Å². The fourth-order valence-electron chi connectivity index (χ4n) is 9.02. The predicted octanol–water partition coefficient (Wildman–Crippen LogP) is 10.7. The monoisotopic (exact) mass is 712 g/mol. The lowest BCUT2D eigenvalue weighted by Crippen LogP contribution is -2.56. The fraction of sp³-hybridized carbons (Fsp3) is 0.692. The molecular formula is C39H73AlO2Si4.